The number of fused-ring (bicyclic) bond motifs is 1. The first-order chi connectivity index (χ1) is 9.05. The average molecular weight is 265 g/mol. The van der Waals surface area contributed by atoms with Gasteiger partial charge in [-0.15, -0.1) is 0 Å². The fourth-order valence-electron chi connectivity index (χ4n) is 1.67. The van der Waals surface area contributed by atoms with Crippen molar-refractivity contribution in [1.29, 1.82) is 0 Å². The average Bonchev–Trinajstić information content (AvgIpc) is 2.81. The zero-order chi connectivity index (χ0) is 13.5. The van der Waals surface area contributed by atoms with Gasteiger partial charge in [0.2, 0.25) is 5.78 Å². The molecular formula is C11H6F3N5. The second-order valence-electron chi connectivity index (χ2n) is 3.75. The minimum atomic E-state index is -4.48. The van der Waals surface area contributed by atoms with E-state index in [1.165, 1.54) is 23.1 Å². The lowest BCUT2D eigenvalue weighted by molar-refractivity contribution is -0.141. The Labute approximate surface area is 104 Å². The zero-order valence-corrected chi connectivity index (χ0v) is 9.33. The van der Waals surface area contributed by atoms with Crippen molar-refractivity contribution in [3.05, 3.63) is 42.9 Å². The Balaban J connectivity index is 2.16. The van der Waals surface area contributed by atoms with Crippen LogP contribution in [0.1, 0.15) is 5.69 Å². The van der Waals surface area contributed by atoms with Crippen LogP contribution in [0.4, 0.5) is 13.2 Å². The van der Waals surface area contributed by atoms with Gasteiger partial charge in [0.05, 0.1) is 11.9 Å². The lowest BCUT2D eigenvalue weighted by Gasteiger charge is -2.06. The molecule has 0 N–H and O–H groups in total. The van der Waals surface area contributed by atoms with E-state index in [1.54, 1.807) is 12.4 Å². The van der Waals surface area contributed by atoms with Crippen molar-refractivity contribution in [3.8, 4) is 11.3 Å². The quantitative estimate of drug-likeness (QED) is 0.677. The molecule has 5 nitrogen and oxygen atoms in total. The molecule has 3 rings (SSSR count). The molecule has 3 aromatic heterocycles. The van der Waals surface area contributed by atoms with E-state index in [0.29, 0.717) is 11.3 Å². The van der Waals surface area contributed by atoms with Crippen molar-refractivity contribution in [3.63, 3.8) is 0 Å². The molecule has 0 bridgehead atoms. The maximum atomic E-state index is 12.5. The highest BCUT2D eigenvalue weighted by Crippen LogP contribution is 2.28. The third-order valence-corrected chi connectivity index (χ3v) is 2.53. The summed E-state index contributed by atoms with van der Waals surface area (Å²) in [6.45, 7) is 0. The van der Waals surface area contributed by atoms with Crippen molar-refractivity contribution in [1.82, 2.24) is 24.3 Å². The van der Waals surface area contributed by atoms with Crippen LogP contribution >= 0.6 is 0 Å². The summed E-state index contributed by atoms with van der Waals surface area (Å²) in [5.41, 5.74) is 0.259. The monoisotopic (exact) mass is 265 g/mol. The Morgan fingerprint density at radius 3 is 2.47 bits per heavy atom. The first-order valence-electron chi connectivity index (χ1n) is 5.22. The molecule has 0 atom stereocenters. The molecule has 0 aliphatic carbocycles. The van der Waals surface area contributed by atoms with E-state index in [2.05, 4.69) is 19.9 Å². The fraction of sp³-hybridized carbons (Fsp3) is 0.0909. The molecular weight excluding hydrogens is 259 g/mol. The first-order valence-corrected chi connectivity index (χ1v) is 5.22. The molecule has 19 heavy (non-hydrogen) atoms. The van der Waals surface area contributed by atoms with Gasteiger partial charge < -0.3 is 0 Å². The van der Waals surface area contributed by atoms with Gasteiger partial charge >= 0.3 is 6.18 Å². The zero-order valence-electron chi connectivity index (χ0n) is 9.33. The normalized spacial score (nSPS) is 11.9. The largest absolute Gasteiger partial charge is 0.433 e. The van der Waals surface area contributed by atoms with Gasteiger partial charge in [-0.05, 0) is 6.07 Å². The summed E-state index contributed by atoms with van der Waals surface area (Å²) in [5, 5.41) is 0. The molecule has 0 aliphatic heterocycles. The molecule has 3 heterocycles. The molecule has 0 aromatic carbocycles. The van der Waals surface area contributed by atoms with Crippen LogP contribution in [0.15, 0.2) is 37.2 Å². The summed E-state index contributed by atoms with van der Waals surface area (Å²) in [6, 6.07) is 0.905. The summed E-state index contributed by atoms with van der Waals surface area (Å²) in [4.78, 5) is 15.0. The van der Waals surface area contributed by atoms with E-state index < -0.39 is 11.9 Å². The second kappa shape index (κ2) is 4.01. The van der Waals surface area contributed by atoms with Gasteiger partial charge in [-0.25, -0.2) is 19.9 Å². The Morgan fingerprint density at radius 1 is 1.05 bits per heavy atom. The van der Waals surface area contributed by atoms with Crippen LogP contribution in [0.2, 0.25) is 0 Å². The van der Waals surface area contributed by atoms with E-state index >= 15 is 0 Å². The van der Waals surface area contributed by atoms with Crippen LogP contribution in [-0.4, -0.2) is 24.3 Å². The Hall–Kier alpha value is -2.51. The molecule has 0 saturated heterocycles. The lowest BCUT2D eigenvalue weighted by atomic mass is 10.2. The highest BCUT2D eigenvalue weighted by Gasteiger charge is 2.32. The van der Waals surface area contributed by atoms with Gasteiger partial charge in [0.15, 0.2) is 0 Å². The van der Waals surface area contributed by atoms with Crippen molar-refractivity contribution >= 4 is 5.78 Å². The molecule has 0 aliphatic rings. The SMILES string of the molecule is FC(F)(F)c1ccn2c(-c3cncnc3)cnc2n1. The maximum absolute atomic E-state index is 12.5. The van der Waals surface area contributed by atoms with Crippen molar-refractivity contribution in [2.75, 3.05) is 0 Å². The topological polar surface area (TPSA) is 56.0 Å². The Morgan fingerprint density at radius 2 is 1.79 bits per heavy atom. The summed E-state index contributed by atoms with van der Waals surface area (Å²) in [6.07, 6.45) is 2.69. The van der Waals surface area contributed by atoms with E-state index in [0.717, 1.165) is 6.07 Å². The fourth-order valence-corrected chi connectivity index (χ4v) is 1.67. The minimum absolute atomic E-state index is 0.0197. The Kier molecular flexibility index (Phi) is 2.44. The van der Waals surface area contributed by atoms with Gasteiger partial charge in [-0.2, -0.15) is 13.2 Å². The number of halogens is 3. The number of rotatable bonds is 1. The van der Waals surface area contributed by atoms with Gasteiger partial charge in [0.1, 0.15) is 12.0 Å². The van der Waals surface area contributed by atoms with Crippen molar-refractivity contribution in [2.24, 2.45) is 0 Å². The minimum Gasteiger partial charge on any atom is -0.284 e. The van der Waals surface area contributed by atoms with Gasteiger partial charge in [-0.3, -0.25) is 4.40 Å². The molecule has 0 unspecified atom stereocenters. The number of hydrogen-bond acceptors (Lipinski definition) is 4. The highest BCUT2D eigenvalue weighted by atomic mass is 19.4. The Bertz CT molecular complexity index is 720. The van der Waals surface area contributed by atoms with E-state index in [-0.39, 0.29) is 5.78 Å². The van der Waals surface area contributed by atoms with Crippen LogP contribution < -0.4 is 0 Å². The third kappa shape index (κ3) is 2.01. The molecule has 8 heteroatoms. The molecule has 3 aromatic rings. The number of hydrogen-bond donors (Lipinski definition) is 0. The predicted molar refractivity (Wildman–Crippen MR) is 59.0 cm³/mol. The number of alkyl halides is 3. The number of imidazole rings is 1. The van der Waals surface area contributed by atoms with Crippen LogP contribution in [0.3, 0.4) is 0 Å². The molecule has 0 fully saturated rings. The molecule has 0 radical (unpaired) electrons. The number of nitrogens with zero attached hydrogens (tertiary/aromatic N) is 5. The number of aromatic nitrogens is 5. The maximum Gasteiger partial charge on any atom is 0.433 e. The summed E-state index contributed by atoms with van der Waals surface area (Å²) < 4.78 is 39.0. The van der Waals surface area contributed by atoms with Gasteiger partial charge in [-0.1, -0.05) is 0 Å². The van der Waals surface area contributed by atoms with Crippen molar-refractivity contribution < 1.29 is 13.2 Å². The van der Waals surface area contributed by atoms with E-state index in [1.807, 2.05) is 0 Å². The first kappa shape index (κ1) is 11.6. The summed E-state index contributed by atoms with van der Waals surface area (Å²) in [7, 11) is 0. The summed E-state index contributed by atoms with van der Waals surface area (Å²) >= 11 is 0. The van der Waals surface area contributed by atoms with Crippen LogP contribution in [0, 0.1) is 0 Å². The standard InChI is InChI=1S/C11H6F3N5/c12-11(13,14)9-1-2-19-8(5-17-10(19)18-9)7-3-15-6-16-4-7/h1-6H. The second-order valence-corrected chi connectivity index (χ2v) is 3.75. The van der Waals surface area contributed by atoms with Gasteiger partial charge in [0.25, 0.3) is 0 Å². The predicted octanol–water partition coefficient (Wildman–Crippen LogP) is 2.21. The van der Waals surface area contributed by atoms with Crippen LogP contribution in [0.25, 0.3) is 17.0 Å². The van der Waals surface area contributed by atoms with Crippen molar-refractivity contribution in [2.45, 2.75) is 6.18 Å². The summed E-state index contributed by atoms with van der Waals surface area (Å²) in [5.74, 6) is -0.0197. The molecule has 0 amide bonds. The molecule has 0 spiro atoms. The highest BCUT2D eigenvalue weighted by molar-refractivity contribution is 5.60. The molecule has 0 saturated carbocycles. The molecule has 96 valence electrons. The third-order valence-electron chi connectivity index (χ3n) is 2.53. The van der Waals surface area contributed by atoms with E-state index in [4.69, 9.17) is 0 Å². The van der Waals surface area contributed by atoms with Crippen LogP contribution in [-0.2, 0) is 6.18 Å². The van der Waals surface area contributed by atoms with E-state index in [9.17, 15) is 13.2 Å². The van der Waals surface area contributed by atoms with Crippen LogP contribution in [0.5, 0.6) is 0 Å². The smallest absolute Gasteiger partial charge is 0.284 e. The van der Waals surface area contributed by atoms with Gasteiger partial charge in [0, 0.05) is 24.2 Å². The lowest BCUT2D eigenvalue weighted by Crippen LogP contribution is -2.09.